The fourth-order valence-electron chi connectivity index (χ4n) is 1.95. The molecule has 0 aliphatic heterocycles. The van der Waals surface area contributed by atoms with Crippen molar-refractivity contribution in [2.24, 2.45) is 11.8 Å². The van der Waals surface area contributed by atoms with Gasteiger partial charge in [0.05, 0.1) is 12.5 Å². The van der Waals surface area contributed by atoms with E-state index in [1.807, 2.05) is 12.5 Å². The zero-order chi connectivity index (χ0) is 12.9. The van der Waals surface area contributed by atoms with Gasteiger partial charge in [0.1, 0.15) is 0 Å². The maximum atomic E-state index is 5.33. The van der Waals surface area contributed by atoms with Crippen molar-refractivity contribution in [3.8, 4) is 0 Å². The molecular formula is C16H30O. The van der Waals surface area contributed by atoms with Crippen LogP contribution in [0.2, 0.25) is 0 Å². The number of hydrogen-bond acceptors (Lipinski definition) is 1. The van der Waals surface area contributed by atoms with Crippen molar-refractivity contribution in [1.82, 2.24) is 0 Å². The Bertz CT molecular complexity index is 184. The van der Waals surface area contributed by atoms with E-state index in [2.05, 4.69) is 39.8 Å². The molecule has 0 radical (unpaired) electrons. The molecule has 0 bridgehead atoms. The molecular weight excluding hydrogens is 208 g/mol. The van der Waals surface area contributed by atoms with E-state index < -0.39 is 0 Å². The second kappa shape index (κ2) is 11.8. The average molecular weight is 238 g/mol. The minimum absolute atomic E-state index is 0.772. The van der Waals surface area contributed by atoms with Gasteiger partial charge >= 0.3 is 0 Å². The van der Waals surface area contributed by atoms with Crippen molar-refractivity contribution >= 4 is 0 Å². The second-order valence-corrected chi connectivity index (χ2v) is 5.14. The minimum Gasteiger partial charge on any atom is -0.473 e. The van der Waals surface area contributed by atoms with Gasteiger partial charge in [0, 0.05) is 0 Å². The van der Waals surface area contributed by atoms with Gasteiger partial charge in [-0.2, -0.15) is 0 Å². The quantitative estimate of drug-likeness (QED) is 0.445. The largest absolute Gasteiger partial charge is 0.473 e. The average Bonchev–Trinajstić information content (AvgIpc) is 2.28. The molecule has 100 valence electrons. The Balaban J connectivity index is 3.48. The molecule has 2 atom stereocenters. The predicted octanol–water partition coefficient (Wildman–Crippen LogP) is 5.68. The van der Waals surface area contributed by atoms with E-state index in [1.165, 1.54) is 25.7 Å². The van der Waals surface area contributed by atoms with Crippen molar-refractivity contribution < 1.29 is 4.74 Å². The zero-order valence-electron chi connectivity index (χ0n) is 12.1. The normalized spacial score (nSPS) is 15.5. The Kier molecular flexibility index (Phi) is 11.3. The van der Waals surface area contributed by atoms with Gasteiger partial charge in [-0.25, -0.2) is 0 Å². The lowest BCUT2D eigenvalue weighted by atomic mass is 10.0. The summed E-state index contributed by atoms with van der Waals surface area (Å²) in [4.78, 5) is 0. The van der Waals surface area contributed by atoms with Crippen molar-refractivity contribution in [2.45, 2.75) is 66.2 Å². The zero-order valence-corrected chi connectivity index (χ0v) is 12.1. The van der Waals surface area contributed by atoms with Crippen LogP contribution in [-0.2, 0) is 4.74 Å². The predicted molar refractivity (Wildman–Crippen MR) is 76.7 cm³/mol. The summed E-state index contributed by atoms with van der Waals surface area (Å²) in [5.41, 5.74) is 0. The summed E-state index contributed by atoms with van der Waals surface area (Å²) in [6.07, 6.45) is 15.3. The van der Waals surface area contributed by atoms with E-state index >= 15 is 0 Å². The molecule has 0 heterocycles. The van der Waals surface area contributed by atoms with Crippen molar-refractivity contribution in [3.05, 3.63) is 24.7 Å². The van der Waals surface area contributed by atoms with Gasteiger partial charge in [-0.3, -0.25) is 0 Å². The fraction of sp³-hybridized carbons (Fsp3) is 0.750. The molecule has 0 spiro atoms. The standard InChI is InChI=1S/C16H30O/c1-5-9-15(3)11-7-13-17-14-8-12-16(4)10-6-2/h7-8,13-16H,5-6,9-12H2,1-4H3. The third-order valence-corrected chi connectivity index (χ3v) is 2.99. The second-order valence-electron chi connectivity index (χ2n) is 5.14. The van der Waals surface area contributed by atoms with Crippen LogP contribution in [0.1, 0.15) is 66.2 Å². The Morgan fingerprint density at radius 1 is 0.824 bits per heavy atom. The summed E-state index contributed by atoms with van der Waals surface area (Å²) in [5, 5.41) is 0. The Morgan fingerprint density at radius 3 is 1.59 bits per heavy atom. The first-order chi connectivity index (χ1) is 8.20. The Labute approximate surface area is 108 Å². The van der Waals surface area contributed by atoms with Crippen molar-refractivity contribution in [2.75, 3.05) is 0 Å². The molecule has 0 aliphatic rings. The van der Waals surface area contributed by atoms with Gasteiger partial charge in [0.2, 0.25) is 0 Å². The molecule has 0 saturated carbocycles. The maximum Gasteiger partial charge on any atom is 0.0861 e. The molecule has 2 unspecified atom stereocenters. The molecule has 0 fully saturated rings. The van der Waals surface area contributed by atoms with Crippen LogP contribution in [0.3, 0.4) is 0 Å². The van der Waals surface area contributed by atoms with Gasteiger partial charge < -0.3 is 4.74 Å². The highest BCUT2D eigenvalue weighted by atomic mass is 16.5. The molecule has 0 aromatic carbocycles. The van der Waals surface area contributed by atoms with Crippen molar-refractivity contribution in [3.63, 3.8) is 0 Å². The van der Waals surface area contributed by atoms with Crippen LogP contribution < -0.4 is 0 Å². The van der Waals surface area contributed by atoms with E-state index in [4.69, 9.17) is 4.74 Å². The molecule has 0 aliphatic carbocycles. The van der Waals surface area contributed by atoms with E-state index in [1.54, 1.807) is 0 Å². The highest BCUT2D eigenvalue weighted by molar-refractivity contribution is 4.82. The van der Waals surface area contributed by atoms with Crippen molar-refractivity contribution in [1.29, 1.82) is 0 Å². The third-order valence-electron chi connectivity index (χ3n) is 2.99. The molecule has 0 saturated heterocycles. The molecule has 1 heteroatoms. The molecule has 0 rings (SSSR count). The first-order valence-corrected chi connectivity index (χ1v) is 7.16. The van der Waals surface area contributed by atoms with Crippen LogP contribution in [0.15, 0.2) is 24.7 Å². The first kappa shape index (κ1) is 16.3. The van der Waals surface area contributed by atoms with E-state index in [0.29, 0.717) is 0 Å². The monoisotopic (exact) mass is 238 g/mol. The van der Waals surface area contributed by atoms with E-state index in [0.717, 1.165) is 24.7 Å². The van der Waals surface area contributed by atoms with Crippen LogP contribution in [0.25, 0.3) is 0 Å². The molecule has 0 N–H and O–H groups in total. The fourth-order valence-corrected chi connectivity index (χ4v) is 1.95. The first-order valence-electron chi connectivity index (χ1n) is 7.16. The van der Waals surface area contributed by atoms with Gasteiger partial charge in [-0.1, -0.05) is 53.4 Å². The lowest BCUT2D eigenvalue weighted by Gasteiger charge is -2.05. The minimum atomic E-state index is 0.772. The topological polar surface area (TPSA) is 9.23 Å². The summed E-state index contributed by atoms with van der Waals surface area (Å²) >= 11 is 0. The summed E-state index contributed by atoms with van der Waals surface area (Å²) in [5.74, 6) is 1.54. The Morgan fingerprint density at radius 2 is 1.24 bits per heavy atom. The van der Waals surface area contributed by atoms with Crippen LogP contribution in [-0.4, -0.2) is 0 Å². The van der Waals surface area contributed by atoms with Crippen LogP contribution in [0, 0.1) is 11.8 Å². The van der Waals surface area contributed by atoms with Gasteiger partial charge in [-0.05, 0) is 36.8 Å². The number of hydrogen-bond donors (Lipinski definition) is 0. The summed E-state index contributed by atoms with van der Waals surface area (Å²) in [7, 11) is 0. The summed E-state index contributed by atoms with van der Waals surface area (Å²) in [6.45, 7) is 9.04. The lowest BCUT2D eigenvalue weighted by molar-refractivity contribution is 0.392. The van der Waals surface area contributed by atoms with E-state index in [9.17, 15) is 0 Å². The molecule has 0 aromatic rings. The van der Waals surface area contributed by atoms with Crippen LogP contribution in [0.4, 0.5) is 0 Å². The maximum absolute atomic E-state index is 5.33. The summed E-state index contributed by atoms with van der Waals surface area (Å²) in [6, 6.07) is 0. The molecule has 1 nitrogen and oxygen atoms in total. The van der Waals surface area contributed by atoms with Gasteiger partial charge in [0.15, 0.2) is 0 Å². The van der Waals surface area contributed by atoms with Crippen LogP contribution in [0.5, 0.6) is 0 Å². The van der Waals surface area contributed by atoms with Gasteiger partial charge in [0.25, 0.3) is 0 Å². The Hall–Kier alpha value is -0.720. The SMILES string of the molecule is CCCC(C)CC=COC=CCC(C)CCC. The van der Waals surface area contributed by atoms with Gasteiger partial charge in [-0.15, -0.1) is 0 Å². The lowest BCUT2D eigenvalue weighted by Crippen LogP contribution is -1.91. The molecule has 0 aromatic heterocycles. The highest BCUT2D eigenvalue weighted by Crippen LogP contribution is 2.11. The molecule has 0 amide bonds. The molecule has 17 heavy (non-hydrogen) atoms. The smallest absolute Gasteiger partial charge is 0.0861 e. The number of allylic oxidation sites excluding steroid dienone is 2. The third kappa shape index (κ3) is 11.5. The van der Waals surface area contributed by atoms with E-state index in [-0.39, 0.29) is 0 Å². The van der Waals surface area contributed by atoms with Crippen LogP contribution >= 0.6 is 0 Å². The summed E-state index contributed by atoms with van der Waals surface area (Å²) < 4.78 is 5.33. The number of ether oxygens (including phenoxy) is 1. The highest BCUT2D eigenvalue weighted by Gasteiger charge is 1.96. The number of rotatable bonds is 10.